The summed E-state index contributed by atoms with van der Waals surface area (Å²) in [4.78, 5) is 15.3. The number of benzene rings is 2. The quantitative estimate of drug-likeness (QED) is 0.678. The maximum Gasteiger partial charge on any atom is 0.274 e. The number of aromatic nitrogens is 2. The number of carbonyl (C=O) groups excluding carboxylic acids is 1. The van der Waals surface area contributed by atoms with E-state index in [-0.39, 0.29) is 11.8 Å². The molecule has 6 heteroatoms. The van der Waals surface area contributed by atoms with Crippen LogP contribution in [0.15, 0.2) is 52.9 Å². The number of piperazine rings is 1. The number of aryl methyl sites for hydroxylation is 1. The number of rotatable bonds is 5. The van der Waals surface area contributed by atoms with Gasteiger partial charge in [-0.2, -0.15) is 0 Å². The highest BCUT2D eigenvalue weighted by Gasteiger charge is 2.29. The van der Waals surface area contributed by atoms with Crippen LogP contribution in [0.25, 0.3) is 11.5 Å². The van der Waals surface area contributed by atoms with Crippen LogP contribution < -0.4 is 9.80 Å². The summed E-state index contributed by atoms with van der Waals surface area (Å²) in [7, 11) is 0. The Morgan fingerprint density at radius 3 is 2.48 bits per heavy atom. The van der Waals surface area contributed by atoms with Crippen LogP contribution in [0.1, 0.15) is 41.7 Å². The summed E-state index contributed by atoms with van der Waals surface area (Å²) < 4.78 is 6.00. The number of ketones is 1. The van der Waals surface area contributed by atoms with E-state index in [0.29, 0.717) is 11.8 Å². The fraction of sp³-hybridized carbons (Fsp3) is 0.348. The average Bonchev–Trinajstić information content (AvgIpc) is 3.24. The van der Waals surface area contributed by atoms with Gasteiger partial charge in [-0.25, -0.2) is 0 Å². The van der Waals surface area contributed by atoms with Gasteiger partial charge in [0, 0.05) is 16.8 Å². The molecular formula is C23H27N4O2+. The van der Waals surface area contributed by atoms with Gasteiger partial charge in [-0.15, -0.1) is 10.2 Å². The van der Waals surface area contributed by atoms with E-state index in [4.69, 9.17) is 4.42 Å². The first-order valence-corrected chi connectivity index (χ1v) is 10.1. The molecule has 2 aromatic carbocycles. The third-order valence-electron chi connectivity index (χ3n) is 5.73. The molecule has 1 atom stereocenters. The molecule has 29 heavy (non-hydrogen) atoms. The molecule has 0 saturated carbocycles. The highest BCUT2D eigenvalue weighted by molar-refractivity contribution is 5.94. The minimum absolute atomic E-state index is 0.101. The summed E-state index contributed by atoms with van der Waals surface area (Å²) >= 11 is 0. The van der Waals surface area contributed by atoms with Gasteiger partial charge in [0.15, 0.2) is 11.8 Å². The SMILES string of the molecule is CC(=O)c1ccc(N2CC[NH+]([C@@H](C)c3nnc(-c4cccc(C)c4)o3)CC2)cc1. The lowest BCUT2D eigenvalue weighted by Crippen LogP contribution is -3.14. The summed E-state index contributed by atoms with van der Waals surface area (Å²) in [6.45, 7) is 9.72. The van der Waals surface area contributed by atoms with E-state index in [9.17, 15) is 4.79 Å². The van der Waals surface area contributed by atoms with Crippen molar-refractivity contribution in [2.45, 2.75) is 26.8 Å². The number of carbonyl (C=O) groups is 1. The van der Waals surface area contributed by atoms with E-state index in [1.54, 1.807) is 6.92 Å². The van der Waals surface area contributed by atoms with Crippen LogP contribution in [-0.4, -0.2) is 42.2 Å². The molecule has 6 nitrogen and oxygen atoms in total. The highest BCUT2D eigenvalue weighted by Crippen LogP contribution is 2.21. The van der Waals surface area contributed by atoms with Crippen LogP contribution in [-0.2, 0) is 0 Å². The Morgan fingerprint density at radius 1 is 1.10 bits per heavy atom. The molecule has 1 aliphatic rings. The van der Waals surface area contributed by atoms with Gasteiger partial charge in [0.1, 0.15) is 0 Å². The maximum absolute atomic E-state index is 11.5. The highest BCUT2D eigenvalue weighted by atomic mass is 16.4. The molecule has 150 valence electrons. The summed E-state index contributed by atoms with van der Waals surface area (Å²) in [5, 5.41) is 8.58. The van der Waals surface area contributed by atoms with Crippen molar-refractivity contribution < 1.29 is 14.1 Å². The van der Waals surface area contributed by atoms with Crippen molar-refractivity contribution in [1.29, 1.82) is 0 Å². The summed E-state index contributed by atoms with van der Waals surface area (Å²) in [5.41, 5.74) is 4.06. The molecule has 1 aromatic heterocycles. The number of hydrogen-bond acceptors (Lipinski definition) is 5. The van der Waals surface area contributed by atoms with Crippen LogP contribution in [0, 0.1) is 6.92 Å². The molecule has 0 amide bonds. The normalized spacial score (nSPS) is 16.0. The van der Waals surface area contributed by atoms with Crippen LogP contribution >= 0.6 is 0 Å². The first-order valence-electron chi connectivity index (χ1n) is 10.1. The molecule has 0 unspecified atom stereocenters. The molecule has 0 aliphatic carbocycles. The third-order valence-corrected chi connectivity index (χ3v) is 5.73. The first kappa shape index (κ1) is 19.3. The molecule has 1 saturated heterocycles. The summed E-state index contributed by atoms with van der Waals surface area (Å²) in [5.74, 6) is 1.37. The lowest BCUT2D eigenvalue weighted by molar-refractivity contribution is -0.931. The van der Waals surface area contributed by atoms with Crippen LogP contribution in [0.2, 0.25) is 0 Å². The van der Waals surface area contributed by atoms with E-state index in [0.717, 1.165) is 37.3 Å². The van der Waals surface area contributed by atoms with Crippen molar-refractivity contribution in [3.05, 3.63) is 65.5 Å². The van der Waals surface area contributed by atoms with Gasteiger partial charge < -0.3 is 14.2 Å². The zero-order chi connectivity index (χ0) is 20.4. The standard InChI is InChI=1S/C23H26N4O2/c1-16-5-4-6-20(15-16)23-25-24-22(29-23)17(2)26-11-13-27(14-12-26)21-9-7-19(8-10-21)18(3)28/h4-10,15,17H,11-14H2,1-3H3/p+1/t17-/m0/s1. The van der Waals surface area contributed by atoms with E-state index >= 15 is 0 Å². The van der Waals surface area contributed by atoms with Gasteiger partial charge in [-0.05, 0) is 57.2 Å². The Kier molecular flexibility index (Phi) is 5.45. The summed E-state index contributed by atoms with van der Waals surface area (Å²) in [6.07, 6.45) is 0. The Labute approximate surface area is 171 Å². The van der Waals surface area contributed by atoms with Crippen molar-refractivity contribution in [3.63, 3.8) is 0 Å². The number of anilines is 1. The van der Waals surface area contributed by atoms with E-state index in [1.807, 2.05) is 36.4 Å². The predicted octanol–water partition coefficient (Wildman–Crippen LogP) is 2.71. The zero-order valence-corrected chi connectivity index (χ0v) is 17.2. The Bertz CT molecular complexity index is 988. The van der Waals surface area contributed by atoms with Crippen molar-refractivity contribution in [3.8, 4) is 11.5 Å². The molecule has 0 radical (unpaired) electrons. The fourth-order valence-electron chi connectivity index (χ4n) is 3.87. The maximum atomic E-state index is 11.5. The van der Waals surface area contributed by atoms with Crippen molar-refractivity contribution in [1.82, 2.24) is 10.2 Å². The average molecular weight is 391 g/mol. The van der Waals surface area contributed by atoms with Crippen LogP contribution in [0.4, 0.5) is 5.69 Å². The Hall–Kier alpha value is -2.99. The minimum Gasteiger partial charge on any atom is -0.415 e. The minimum atomic E-state index is 0.101. The Morgan fingerprint density at radius 2 is 1.83 bits per heavy atom. The second-order valence-electron chi connectivity index (χ2n) is 7.78. The van der Waals surface area contributed by atoms with Gasteiger partial charge in [0.25, 0.3) is 5.89 Å². The smallest absolute Gasteiger partial charge is 0.274 e. The molecule has 0 bridgehead atoms. The van der Waals surface area contributed by atoms with Crippen molar-refractivity contribution in [2.24, 2.45) is 0 Å². The number of quaternary nitrogens is 1. The molecule has 1 N–H and O–H groups in total. The number of nitrogens with zero attached hydrogens (tertiary/aromatic N) is 3. The van der Waals surface area contributed by atoms with Gasteiger partial charge in [0.05, 0.1) is 26.2 Å². The predicted molar refractivity (Wildman–Crippen MR) is 112 cm³/mol. The molecule has 3 aromatic rings. The monoisotopic (exact) mass is 391 g/mol. The molecule has 1 fully saturated rings. The van der Waals surface area contributed by atoms with Gasteiger partial charge in [-0.1, -0.05) is 17.7 Å². The van der Waals surface area contributed by atoms with Crippen molar-refractivity contribution >= 4 is 11.5 Å². The lowest BCUT2D eigenvalue weighted by Gasteiger charge is -2.35. The summed E-state index contributed by atoms with van der Waals surface area (Å²) in [6, 6.07) is 16.2. The third kappa shape index (κ3) is 4.22. The second-order valence-corrected chi connectivity index (χ2v) is 7.78. The van der Waals surface area contributed by atoms with E-state index in [2.05, 4.69) is 41.1 Å². The second kappa shape index (κ2) is 8.17. The fourth-order valence-corrected chi connectivity index (χ4v) is 3.87. The zero-order valence-electron chi connectivity index (χ0n) is 17.2. The topological polar surface area (TPSA) is 63.7 Å². The molecule has 0 spiro atoms. The van der Waals surface area contributed by atoms with Crippen molar-refractivity contribution in [2.75, 3.05) is 31.1 Å². The lowest BCUT2D eigenvalue weighted by atomic mass is 10.1. The van der Waals surface area contributed by atoms with Crippen LogP contribution in [0.5, 0.6) is 0 Å². The largest absolute Gasteiger partial charge is 0.415 e. The molecule has 1 aliphatic heterocycles. The number of Topliss-reactive ketones (excluding diaryl/α,β-unsaturated/α-hetero) is 1. The first-order chi connectivity index (χ1) is 14.0. The Balaban J connectivity index is 1.39. The number of nitrogens with one attached hydrogen (secondary N) is 1. The van der Waals surface area contributed by atoms with E-state index < -0.39 is 0 Å². The van der Waals surface area contributed by atoms with Crippen LogP contribution in [0.3, 0.4) is 0 Å². The van der Waals surface area contributed by atoms with E-state index in [1.165, 1.54) is 16.2 Å². The molecular weight excluding hydrogens is 364 g/mol. The van der Waals surface area contributed by atoms with Gasteiger partial charge in [0.2, 0.25) is 5.89 Å². The number of hydrogen-bond donors (Lipinski definition) is 1. The molecule has 4 rings (SSSR count). The molecule has 2 heterocycles. The van der Waals surface area contributed by atoms with Gasteiger partial charge in [-0.3, -0.25) is 4.79 Å². The van der Waals surface area contributed by atoms with Gasteiger partial charge >= 0.3 is 0 Å².